The Kier molecular flexibility index (Phi) is 3.39. The molecule has 2 N–H and O–H groups in total. The van der Waals surface area contributed by atoms with Crippen LogP contribution in [0.2, 0.25) is 5.02 Å². The van der Waals surface area contributed by atoms with Gasteiger partial charge in [0.2, 0.25) is 0 Å². The van der Waals surface area contributed by atoms with Crippen LogP contribution in [-0.2, 0) is 6.54 Å². The van der Waals surface area contributed by atoms with Crippen molar-refractivity contribution >= 4 is 28.5 Å². The number of aromatic nitrogens is 2. The minimum absolute atomic E-state index is 0.150. The summed E-state index contributed by atoms with van der Waals surface area (Å²) in [5.41, 5.74) is 3.04. The van der Waals surface area contributed by atoms with E-state index in [1.807, 2.05) is 30.3 Å². The van der Waals surface area contributed by atoms with E-state index in [4.69, 9.17) is 11.6 Å². The molecule has 0 spiro atoms. The number of rotatable bonds is 3. The molecule has 1 heterocycles. The Balaban J connectivity index is 1.78. The topological polar surface area (TPSA) is 57.8 Å². The average Bonchev–Trinajstić information content (AvgIpc) is 2.93. The molecule has 0 saturated heterocycles. The van der Waals surface area contributed by atoms with E-state index in [-0.39, 0.29) is 5.91 Å². The van der Waals surface area contributed by atoms with Gasteiger partial charge >= 0.3 is 0 Å². The molecule has 0 unspecified atom stereocenters. The minimum Gasteiger partial charge on any atom is -0.348 e. The molecule has 3 rings (SSSR count). The highest BCUT2D eigenvalue weighted by atomic mass is 35.5. The summed E-state index contributed by atoms with van der Waals surface area (Å²) in [6, 6.07) is 12.9. The van der Waals surface area contributed by atoms with E-state index >= 15 is 0 Å². The molecule has 0 aliphatic carbocycles. The van der Waals surface area contributed by atoms with Crippen LogP contribution < -0.4 is 5.32 Å². The van der Waals surface area contributed by atoms with Crippen molar-refractivity contribution < 1.29 is 4.79 Å². The summed E-state index contributed by atoms with van der Waals surface area (Å²) in [5.74, 6) is -0.150. The van der Waals surface area contributed by atoms with Crippen molar-refractivity contribution in [3.8, 4) is 0 Å². The number of nitrogens with one attached hydrogen (secondary N) is 2. The quantitative estimate of drug-likeness (QED) is 0.777. The summed E-state index contributed by atoms with van der Waals surface area (Å²) in [6.07, 6.45) is 1.58. The maximum absolute atomic E-state index is 12.2. The summed E-state index contributed by atoms with van der Waals surface area (Å²) >= 11 is 5.91. The highest BCUT2D eigenvalue weighted by Crippen LogP contribution is 2.15. The summed E-state index contributed by atoms with van der Waals surface area (Å²) < 4.78 is 0. The van der Waals surface area contributed by atoms with E-state index in [1.165, 1.54) is 0 Å². The molecule has 4 nitrogen and oxygen atoms in total. The molecule has 1 aromatic heterocycles. The second kappa shape index (κ2) is 5.35. The van der Waals surface area contributed by atoms with Gasteiger partial charge in [0.25, 0.3) is 5.91 Å². The van der Waals surface area contributed by atoms with E-state index < -0.39 is 0 Å². The second-order valence-corrected chi connectivity index (χ2v) is 4.85. The zero-order valence-corrected chi connectivity index (χ0v) is 11.3. The van der Waals surface area contributed by atoms with Crippen LogP contribution in [0.4, 0.5) is 0 Å². The predicted octanol–water partition coefficient (Wildman–Crippen LogP) is 3.15. The summed E-state index contributed by atoms with van der Waals surface area (Å²) in [7, 11) is 0. The van der Waals surface area contributed by atoms with Crippen molar-refractivity contribution in [1.82, 2.24) is 15.3 Å². The number of fused-ring (bicyclic) bond motifs is 1. The molecule has 0 saturated carbocycles. The molecule has 100 valence electrons. The fourth-order valence-corrected chi connectivity index (χ4v) is 2.29. The van der Waals surface area contributed by atoms with Crippen molar-refractivity contribution in [1.29, 1.82) is 0 Å². The molecule has 5 heteroatoms. The Morgan fingerprint density at radius 3 is 2.95 bits per heavy atom. The number of benzene rings is 2. The first kappa shape index (κ1) is 12.7. The summed E-state index contributed by atoms with van der Waals surface area (Å²) in [4.78, 5) is 19.4. The Bertz CT molecular complexity index is 766. The summed E-state index contributed by atoms with van der Waals surface area (Å²) in [6.45, 7) is 0.431. The minimum atomic E-state index is -0.150. The molecule has 0 bridgehead atoms. The molecular weight excluding hydrogens is 274 g/mol. The number of carbonyl (C=O) groups excluding carboxylic acids is 1. The Hall–Kier alpha value is -2.33. The number of hydrogen-bond acceptors (Lipinski definition) is 2. The lowest BCUT2D eigenvalue weighted by Gasteiger charge is -2.06. The number of carbonyl (C=O) groups is 1. The van der Waals surface area contributed by atoms with Gasteiger partial charge in [0, 0.05) is 11.6 Å². The van der Waals surface area contributed by atoms with Gasteiger partial charge in [-0.15, -0.1) is 0 Å². The van der Waals surface area contributed by atoms with Gasteiger partial charge in [-0.05, 0) is 29.8 Å². The first-order valence-electron chi connectivity index (χ1n) is 6.19. The number of hydrogen-bond donors (Lipinski definition) is 2. The standard InChI is InChI=1S/C15H12ClN3O/c16-11-4-1-3-10(7-11)8-17-15(20)12-5-2-6-13-14(12)19-9-18-13/h1-7,9H,8H2,(H,17,20)(H,18,19). The SMILES string of the molecule is O=C(NCc1cccc(Cl)c1)c1cccc2[nH]cnc12. The third kappa shape index (κ3) is 2.51. The van der Waals surface area contributed by atoms with E-state index in [1.54, 1.807) is 18.5 Å². The summed E-state index contributed by atoms with van der Waals surface area (Å²) in [5, 5.41) is 3.53. The number of halogens is 1. The van der Waals surface area contributed by atoms with Gasteiger partial charge < -0.3 is 10.3 Å². The van der Waals surface area contributed by atoms with Crippen molar-refractivity contribution in [3.05, 3.63) is 64.9 Å². The van der Waals surface area contributed by atoms with Crippen LogP contribution in [0.1, 0.15) is 15.9 Å². The van der Waals surface area contributed by atoms with Crippen molar-refractivity contribution in [2.75, 3.05) is 0 Å². The van der Waals surface area contributed by atoms with Gasteiger partial charge in [0.15, 0.2) is 0 Å². The molecule has 1 amide bonds. The molecule has 0 aliphatic heterocycles. The Morgan fingerprint density at radius 1 is 1.25 bits per heavy atom. The van der Waals surface area contributed by atoms with E-state index in [0.717, 1.165) is 11.1 Å². The fraction of sp³-hybridized carbons (Fsp3) is 0.0667. The highest BCUT2D eigenvalue weighted by molar-refractivity contribution is 6.30. The van der Waals surface area contributed by atoms with Gasteiger partial charge in [-0.1, -0.05) is 29.8 Å². The van der Waals surface area contributed by atoms with Crippen LogP contribution in [0.5, 0.6) is 0 Å². The van der Waals surface area contributed by atoms with Crippen molar-refractivity contribution in [2.45, 2.75) is 6.54 Å². The Labute approximate surface area is 120 Å². The van der Waals surface area contributed by atoms with E-state index in [9.17, 15) is 4.79 Å². The normalized spacial score (nSPS) is 10.7. The van der Waals surface area contributed by atoms with Gasteiger partial charge in [-0.25, -0.2) is 4.98 Å². The first-order chi connectivity index (χ1) is 9.74. The van der Waals surface area contributed by atoms with Crippen LogP contribution in [-0.4, -0.2) is 15.9 Å². The molecule has 0 radical (unpaired) electrons. The monoisotopic (exact) mass is 285 g/mol. The Morgan fingerprint density at radius 2 is 2.10 bits per heavy atom. The molecule has 0 fully saturated rings. The maximum atomic E-state index is 12.2. The van der Waals surface area contributed by atoms with Crippen molar-refractivity contribution in [3.63, 3.8) is 0 Å². The highest BCUT2D eigenvalue weighted by Gasteiger charge is 2.11. The number of imidazole rings is 1. The predicted molar refractivity (Wildman–Crippen MR) is 78.7 cm³/mol. The average molecular weight is 286 g/mol. The van der Waals surface area contributed by atoms with Crippen LogP contribution in [0.15, 0.2) is 48.8 Å². The number of para-hydroxylation sites is 1. The maximum Gasteiger partial charge on any atom is 0.253 e. The van der Waals surface area contributed by atoms with Gasteiger partial charge in [-0.3, -0.25) is 4.79 Å². The lowest BCUT2D eigenvalue weighted by atomic mass is 10.1. The third-order valence-corrected chi connectivity index (χ3v) is 3.27. The third-order valence-electron chi connectivity index (χ3n) is 3.04. The van der Waals surface area contributed by atoms with Gasteiger partial charge in [-0.2, -0.15) is 0 Å². The van der Waals surface area contributed by atoms with Crippen LogP contribution in [0.25, 0.3) is 11.0 Å². The smallest absolute Gasteiger partial charge is 0.253 e. The molecule has 0 atom stereocenters. The van der Waals surface area contributed by atoms with E-state index in [2.05, 4.69) is 15.3 Å². The number of amides is 1. The molecule has 20 heavy (non-hydrogen) atoms. The lowest BCUT2D eigenvalue weighted by molar-refractivity contribution is 0.0952. The molecule has 2 aromatic carbocycles. The zero-order valence-electron chi connectivity index (χ0n) is 10.6. The zero-order chi connectivity index (χ0) is 13.9. The van der Waals surface area contributed by atoms with Gasteiger partial charge in [0.05, 0.1) is 17.4 Å². The number of nitrogens with zero attached hydrogens (tertiary/aromatic N) is 1. The second-order valence-electron chi connectivity index (χ2n) is 4.42. The number of aromatic amines is 1. The van der Waals surface area contributed by atoms with Crippen molar-refractivity contribution in [2.24, 2.45) is 0 Å². The first-order valence-corrected chi connectivity index (χ1v) is 6.56. The molecular formula is C15H12ClN3O. The lowest BCUT2D eigenvalue weighted by Crippen LogP contribution is -2.23. The van der Waals surface area contributed by atoms with Crippen LogP contribution >= 0.6 is 11.6 Å². The molecule has 0 aliphatic rings. The van der Waals surface area contributed by atoms with Gasteiger partial charge in [0.1, 0.15) is 5.52 Å². The van der Waals surface area contributed by atoms with Crippen LogP contribution in [0, 0.1) is 0 Å². The number of H-pyrrole nitrogens is 1. The van der Waals surface area contributed by atoms with Crippen LogP contribution in [0.3, 0.4) is 0 Å². The molecule has 3 aromatic rings. The van der Waals surface area contributed by atoms with E-state index in [0.29, 0.717) is 22.6 Å². The fourth-order valence-electron chi connectivity index (χ4n) is 2.07. The largest absolute Gasteiger partial charge is 0.348 e.